The van der Waals surface area contributed by atoms with Crippen LogP contribution in [0.25, 0.3) is 0 Å². The molecule has 0 saturated carbocycles. The summed E-state index contributed by atoms with van der Waals surface area (Å²) in [5, 5.41) is 2.66. The Kier molecular flexibility index (Phi) is 11.6. The monoisotopic (exact) mass is 204 g/mol. The molecule has 1 aliphatic rings. The third kappa shape index (κ3) is 9.32. The van der Waals surface area contributed by atoms with E-state index in [-0.39, 0.29) is 6.03 Å². The minimum absolute atomic E-state index is 0.0417. The molecule has 0 aromatic rings. The average molecular weight is 204 g/mol. The molecule has 2 amide bonds. The van der Waals surface area contributed by atoms with Gasteiger partial charge in [-0.15, -0.1) is 0 Å². The first kappa shape index (κ1) is 15.7. The smallest absolute Gasteiger partial charge is 0.317 e. The lowest BCUT2D eigenvalue weighted by molar-refractivity contribution is 0.134. The normalized spacial score (nSPS) is 13.9. The maximum Gasteiger partial charge on any atom is 0.317 e. The number of rotatable bonds is 1. The largest absolute Gasteiger partial charge is 0.382 e. The molecule has 86 valence electrons. The van der Waals surface area contributed by atoms with E-state index in [1.807, 2.05) is 27.7 Å². The molecule has 1 fully saturated rings. The topological polar surface area (TPSA) is 41.6 Å². The molecular weight excluding hydrogens is 180 g/mol. The average Bonchev–Trinajstić information content (AvgIpc) is 2.55. The van der Waals surface area contributed by atoms with E-state index in [0.29, 0.717) is 6.10 Å². The van der Waals surface area contributed by atoms with Crippen molar-refractivity contribution in [3.63, 3.8) is 0 Å². The molecule has 1 saturated heterocycles. The Morgan fingerprint density at radius 1 is 1.43 bits per heavy atom. The Balaban J connectivity index is 0. The molecule has 0 unspecified atom stereocenters. The van der Waals surface area contributed by atoms with Crippen LogP contribution in [0.5, 0.6) is 0 Å². The SMILES string of the molecule is CC.CN1CCNC1=O.COC(C)C. The molecule has 14 heavy (non-hydrogen) atoms. The van der Waals surface area contributed by atoms with Crippen LogP contribution in [0.3, 0.4) is 0 Å². The number of hydrogen-bond acceptors (Lipinski definition) is 2. The summed E-state index contributed by atoms with van der Waals surface area (Å²) in [7, 11) is 3.48. The Labute approximate surface area is 87.6 Å². The maximum absolute atomic E-state index is 10.4. The molecule has 0 spiro atoms. The Morgan fingerprint density at radius 3 is 1.93 bits per heavy atom. The minimum atomic E-state index is 0.0417. The van der Waals surface area contributed by atoms with Crippen molar-refractivity contribution in [3.8, 4) is 0 Å². The van der Waals surface area contributed by atoms with Crippen molar-refractivity contribution in [1.29, 1.82) is 0 Å². The maximum atomic E-state index is 10.4. The van der Waals surface area contributed by atoms with Crippen LogP contribution >= 0.6 is 0 Å². The lowest BCUT2D eigenvalue weighted by Gasteiger charge is -2.01. The molecule has 0 radical (unpaired) electrons. The van der Waals surface area contributed by atoms with Crippen LogP contribution < -0.4 is 5.32 Å². The highest BCUT2D eigenvalue weighted by Crippen LogP contribution is 1.88. The number of nitrogens with one attached hydrogen (secondary N) is 1. The van der Waals surface area contributed by atoms with E-state index in [2.05, 4.69) is 5.32 Å². The third-order valence-corrected chi connectivity index (χ3v) is 1.54. The number of nitrogens with zero attached hydrogens (tertiary/aromatic N) is 1. The molecule has 4 heteroatoms. The Morgan fingerprint density at radius 2 is 1.86 bits per heavy atom. The van der Waals surface area contributed by atoms with Gasteiger partial charge in [0.05, 0.1) is 6.10 Å². The first-order valence-corrected chi connectivity index (χ1v) is 5.09. The lowest BCUT2D eigenvalue weighted by Crippen LogP contribution is -2.23. The summed E-state index contributed by atoms with van der Waals surface area (Å²) in [5.74, 6) is 0. The summed E-state index contributed by atoms with van der Waals surface area (Å²) >= 11 is 0. The fourth-order valence-corrected chi connectivity index (χ4v) is 0.567. The number of carbonyl (C=O) groups is 1. The van der Waals surface area contributed by atoms with Crippen molar-refractivity contribution in [1.82, 2.24) is 10.2 Å². The number of methoxy groups -OCH3 is 1. The van der Waals surface area contributed by atoms with Crippen molar-refractivity contribution in [2.75, 3.05) is 27.2 Å². The minimum Gasteiger partial charge on any atom is -0.382 e. The molecule has 0 bridgehead atoms. The van der Waals surface area contributed by atoms with Crippen molar-refractivity contribution in [2.24, 2.45) is 0 Å². The van der Waals surface area contributed by atoms with E-state index in [1.165, 1.54) is 0 Å². The molecule has 0 atom stereocenters. The van der Waals surface area contributed by atoms with Crippen molar-refractivity contribution < 1.29 is 9.53 Å². The lowest BCUT2D eigenvalue weighted by atomic mass is 10.5. The highest BCUT2D eigenvalue weighted by Gasteiger charge is 2.12. The van der Waals surface area contributed by atoms with Crippen molar-refractivity contribution in [3.05, 3.63) is 0 Å². The molecular formula is C10H24N2O2. The van der Waals surface area contributed by atoms with Crippen LogP contribution in [-0.2, 0) is 4.74 Å². The van der Waals surface area contributed by atoms with Gasteiger partial charge in [0.15, 0.2) is 0 Å². The predicted molar refractivity (Wildman–Crippen MR) is 59.5 cm³/mol. The van der Waals surface area contributed by atoms with E-state index < -0.39 is 0 Å². The zero-order valence-corrected chi connectivity index (χ0v) is 10.3. The number of urea groups is 1. The van der Waals surface area contributed by atoms with Gasteiger partial charge in [0.2, 0.25) is 0 Å². The summed E-state index contributed by atoms with van der Waals surface area (Å²) in [6.45, 7) is 9.65. The van der Waals surface area contributed by atoms with Gasteiger partial charge in [0.25, 0.3) is 0 Å². The summed E-state index contributed by atoms with van der Waals surface area (Å²) in [6, 6.07) is 0.0417. The Bertz CT molecular complexity index is 138. The van der Waals surface area contributed by atoms with Gasteiger partial charge in [-0.25, -0.2) is 4.79 Å². The zero-order valence-electron chi connectivity index (χ0n) is 10.3. The second-order valence-electron chi connectivity index (χ2n) is 2.94. The summed E-state index contributed by atoms with van der Waals surface area (Å²) < 4.78 is 4.75. The summed E-state index contributed by atoms with van der Waals surface area (Å²) in [5.41, 5.74) is 0. The van der Waals surface area contributed by atoms with Gasteiger partial charge in [-0.2, -0.15) is 0 Å². The first-order chi connectivity index (χ1) is 6.57. The fourth-order valence-electron chi connectivity index (χ4n) is 0.567. The van der Waals surface area contributed by atoms with Crippen LogP contribution in [0, 0.1) is 0 Å². The van der Waals surface area contributed by atoms with E-state index >= 15 is 0 Å². The number of hydrogen-bond donors (Lipinski definition) is 1. The van der Waals surface area contributed by atoms with Crippen LogP contribution in [0.2, 0.25) is 0 Å². The molecule has 1 rings (SSSR count). The van der Waals surface area contributed by atoms with Crippen LogP contribution in [0.1, 0.15) is 27.7 Å². The third-order valence-electron chi connectivity index (χ3n) is 1.54. The zero-order chi connectivity index (χ0) is 11.6. The van der Waals surface area contributed by atoms with E-state index in [1.54, 1.807) is 19.1 Å². The highest BCUT2D eigenvalue weighted by atomic mass is 16.5. The van der Waals surface area contributed by atoms with Gasteiger partial charge in [-0.3, -0.25) is 0 Å². The van der Waals surface area contributed by atoms with Gasteiger partial charge in [-0.1, -0.05) is 13.8 Å². The van der Waals surface area contributed by atoms with Gasteiger partial charge in [0.1, 0.15) is 0 Å². The van der Waals surface area contributed by atoms with Gasteiger partial charge in [-0.05, 0) is 13.8 Å². The van der Waals surface area contributed by atoms with E-state index in [0.717, 1.165) is 13.1 Å². The van der Waals surface area contributed by atoms with Gasteiger partial charge in [0, 0.05) is 27.2 Å². The van der Waals surface area contributed by atoms with Gasteiger partial charge >= 0.3 is 6.03 Å². The van der Waals surface area contributed by atoms with Crippen LogP contribution in [0.15, 0.2) is 0 Å². The highest BCUT2D eigenvalue weighted by molar-refractivity contribution is 5.75. The molecule has 0 aromatic heterocycles. The standard InChI is InChI=1S/C4H8N2O.C4H10O.C2H6/c1-6-3-2-5-4(6)7;1-4(2)5-3;1-2/h2-3H2,1H3,(H,5,7);4H,1-3H3;1-2H3. The molecule has 1 N–H and O–H groups in total. The summed E-state index contributed by atoms with van der Waals surface area (Å²) in [6.07, 6.45) is 0.384. The molecule has 0 aromatic carbocycles. The number of carbonyl (C=O) groups excluding carboxylic acids is 1. The molecule has 0 aliphatic carbocycles. The van der Waals surface area contributed by atoms with Crippen LogP contribution in [0.4, 0.5) is 4.79 Å². The molecule has 4 nitrogen and oxygen atoms in total. The van der Waals surface area contributed by atoms with Gasteiger partial charge < -0.3 is 15.0 Å². The second-order valence-corrected chi connectivity index (χ2v) is 2.94. The fraction of sp³-hybridized carbons (Fsp3) is 0.900. The summed E-state index contributed by atoms with van der Waals surface area (Å²) in [4.78, 5) is 12.0. The quantitative estimate of drug-likeness (QED) is 0.706. The van der Waals surface area contributed by atoms with Crippen molar-refractivity contribution in [2.45, 2.75) is 33.8 Å². The van der Waals surface area contributed by atoms with Crippen molar-refractivity contribution >= 4 is 6.03 Å². The second kappa shape index (κ2) is 10.3. The van der Waals surface area contributed by atoms with E-state index in [9.17, 15) is 4.79 Å². The first-order valence-electron chi connectivity index (χ1n) is 5.09. The number of likely N-dealkylation sites (N-methyl/N-ethyl adjacent to an activating group) is 1. The molecule has 1 aliphatic heterocycles. The number of ether oxygens (including phenoxy) is 1. The van der Waals surface area contributed by atoms with Crippen LogP contribution in [-0.4, -0.2) is 44.3 Å². The Hall–Kier alpha value is -0.770. The number of amides is 2. The molecule has 1 heterocycles. The van der Waals surface area contributed by atoms with E-state index in [4.69, 9.17) is 4.74 Å². The predicted octanol–water partition coefficient (Wildman–Crippen LogP) is 1.71.